The topological polar surface area (TPSA) is 21.3 Å². The largest absolute Gasteiger partial charge is 0.376 e. The van der Waals surface area contributed by atoms with Crippen molar-refractivity contribution in [2.75, 3.05) is 14.2 Å². The Bertz CT molecular complexity index is 355. The van der Waals surface area contributed by atoms with Crippen molar-refractivity contribution in [3.05, 3.63) is 35.9 Å². The molecule has 0 aromatic heterocycles. The number of rotatable bonds is 4. The van der Waals surface area contributed by atoms with Gasteiger partial charge in [-0.1, -0.05) is 37.3 Å². The molecule has 1 saturated carbocycles. The van der Waals surface area contributed by atoms with Crippen LogP contribution < -0.4 is 5.32 Å². The molecule has 0 saturated heterocycles. The fourth-order valence-electron chi connectivity index (χ4n) is 3.24. The minimum atomic E-state index is -0.0391. The average Bonchev–Trinajstić information content (AvgIpc) is 2.43. The van der Waals surface area contributed by atoms with Crippen LogP contribution in [0.5, 0.6) is 0 Å². The number of ether oxygens (including phenoxy) is 1. The molecule has 2 nitrogen and oxygen atoms in total. The van der Waals surface area contributed by atoms with Gasteiger partial charge in [-0.15, -0.1) is 0 Å². The van der Waals surface area contributed by atoms with Crippen molar-refractivity contribution in [3.63, 3.8) is 0 Å². The molecule has 100 valence electrons. The van der Waals surface area contributed by atoms with Crippen LogP contribution in [0.2, 0.25) is 0 Å². The normalized spacial score (nSPS) is 30.1. The van der Waals surface area contributed by atoms with E-state index in [-0.39, 0.29) is 11.6 Å². The number of hydrogen-bond acceptors (Lipinski definition) is 2. The highest BCUT2D eigenvalue weighted by Crippen LogP contribution is 2.42. The molecule has 18 heavy (non-hydrogen) atoms. The van der Waals surface area contributed by atoms with Crippen molar-refractivity contribution in [1.29, 1.82) is 0 Å². The van der Waals surface area contributed by atoms with E-state index in [2.05, 4.69) is 42.6 Å². The SMILES string of the molecule is CNC(c1ccccc1)C1(OC)CCC(C)CC1. The van der Waals surface area contributed by atoms with Crippen LogP contribution >= 0.6 is 0 Å². The number of hydrogen-bond donors (Lipinski definition) is 1. The minimum absolute atomic E-state index is 0.0391. The number of nitrogens with one attached hydrogen (secondary N) is 1. The van der Waals surface area contributed by atoms with E-state index in [0.717, 1.165) is 18.8 Å². The molecule has 1 atom stereocenters. The first-order valence-electron chi connectivity index (χ1n) is 6.99. The fraction of sp³-hybridized carbons (Fsp3) is 0.625. The summed E-state index contributed by atoms with van der Waals surface area (Å²) in [6.45, 7) is 2.34. The lowest BCUT2D eigenvalue weighted by Crippen LogP contribution is -2.46. The Morgan fingerprint density at radius 1 is 1.22 bits per heavy atom. The Balaban J connectivity index is 2.24. The second-order valence-electron chi connectivity index (χ2n) is 5.58. The average molecular weight is 247 g/mol. The van der Waals surface area contributed by atoms with E-state index in [1.165, 1.54) is 18.4 Å². The summed E-state index contributed by atoms with van der Waals surface area (Å²) >= 11 is 0. The predicted molar refractivity (Wildman–Crippen MR) is 75.6 cm³/mol. The molecule has 0 radical (unpaired) electrons. The van der Waals surface area contributed by atoms with Gasteiger partial charge in [-0.25, -0.2) is 0 Å². The van der Waals surface area contributed by atoms with E-state index in [0.29, 0.717) is 0 Å². The molecule has 0 heterocycles. The molecule has 1 aromatic rings. The van der Waals surface area contributed by atoms with Gasteiger partial charge in [0.25, 0.3) is 0 Å². The molecule has 1 N–H and O–H groups in total. The summed E-state index contributed by atoms with van der Waals surface area (Å²) in [7, 11) is 3.90. The minimum Gasteiger partial charge on any atom is -0.376 e. The summed E-state index contributed by atoms with van der Waals surface area (Å²) in [5.41, 5.74) is 1.29. The van der Waals surface area contributed by atoms with Crippen molar-refractivity contribution in [1.82, 2.24) is 5.32 Å². The molecule has 0 bridgehead atoms. The van der Waals surface area contributed by atoms with Gasteiger partial charge in [0, 0.05) is 7.11 Å². The Labute approximate surface area is 111 Å². The molecule has 1 aromatic carbocycles. The summed E-state index contributed by atoms with van der Waals surface area (Å²) in [5.74, 6) is 0.835. The van der Waals surface area contributed by atoms with E-state index in [1.54, 1.807) is 0 Å². The Morgan fingerprint density at radius 2 is 1.83 bits per heavy atom. The zero-order valence-corrected chi connectivity index (χ0v) is 11.8. The molecule has 2 heteroatoms. The smallest absolute Gasteiger partial charge is 0.0872 e. The van der Waals surface area contributed by atoms with Gasteiger partial charge in [-0.2, -0.15) is 0 Å². The lowest BCUT2D eigenvalue weighted by molar-refractivity contribution is -0.0745. The van der Waals surface area contributed by atoms with E-state index >= 15 is 0 Å². The van der Waals surface area contributed by atoms with E-state index in [1.807, 2.05) is 14.2 Å². The third-order valence-electron chi connectivity index (χ3n) is 4.47. The van der Waals surface area contributed by atoms with Crippen LogP contribution in [-0.2, 0) is 4.74 Å². The van der Waals surface area contributed by atoms with Gasteiger partial charge in [-0.3, -0.25) is 0 Å². The zero-order valence-electron chi connectivity index (χ0n) is 11.8. The first-order chi connectivity index (χ1) is 8.72. The second kappa shape index (κ2) is 5.85. The van der Waals surface area contributed by atoms with Crippen molar-refractivity contribution in [3.8, 4) is 0 Å². The third-order valence-corrected chi connectivity index (χ3v) is 4.47. The van der Waals surface area contributed by atoms with E-state index < -0.39 is 0 Å². The second-order valence-corrected chi connectivity index (χ2v) is 5.58. The summed E-state index contributed by atoms with van der Waals surface area (Å²) in [6, 6.07) is 11.0. The van der Waals surface area contributed by atoms with Gasteiger partial charge < -0.3 is 10.1 Å². The molecular weight excluding hydrogens is 222 g/mol. The Hall–Kier alpha value is -0.860. The maximum Gasteiger partial charge on any atom is 0.0872 e. The Morgan fingerprint density at radius 3 is 2.33 bits per heavy atom. The van der Waals surface area contributed by atoms with Crippen LogP contribution in [0.15, 0.2) is 30.3 Å². The summed E-state index contributed by atoms with van der Waals surface area (Å²) in [4.78, 5) is 0. The van der Waals surface area contributed by atoms with Crippen LogP contribution in [0.1, 0.15) is 44.2 Å². The van der Waals surface area contributed by atoms with Crippen LogP contribution in [0.25, 0.3) is 0 Å². The van der Waals surface area contributed by atoms with Crippen LogP contribution in [0, 0.1) is 5.92 Å². The molecule has 1 aliphatic carbocycles. The van der Waals surface area contributed by atoms with Crippen molar-refractivity contribution >= 4 is 0 Å². The quantitative estimate of drug-likeness (QED) is 0.878. The molecule has 2 rings (SSSR count). The Kier molecular flexibility index (Phi) is 4.41. The number of benzene rings is 1. The maximum atomic E-state index is 5.97. The summed E-state index contributed by atoms with van der Waals surface area (Å²) in [5, 5.41) is 3.47. The summed E-state index contributed by atoms with van der Waals surface area (Å²) < 4.78 is 5.97. The summed E-state index contributed by atoms with van der Waals surface area (Å²) in [6.07, 6.45) is 4.81. The highest BCUT2D eigenvalue weighted by molar-refractivity contribution is 5.22. The number of likely N-dealkylation sites (N-methyl/N-ethyl adjacent to an activating group) is 1. The molecule has 0 aliphatic heterocycles. The maximum absolute atomic E-state index is 5.97. The van der Waals surface area contributed by atoms with Gasteiger partial charge in [0.2, 0.25) is 0 Å². The van der Waals surface area contributed by atoms with Gasteiger partial charge in [0.05, 0.1) is 11.6 Å². The van der Waals surface area contributed by atoms with Crippen LogP contribution in [-0.4, -0.2) is 19.8 Å². The van der Waals surface area contributed by atoms with Gasteiger partial charge in [0.15, 0.2) is 0 Å². The van der Waals surface area contributed by atoms with Crippen LogP contribution in [0.4, 0.5) is 0 Å². The molecular formula is C16H25NO. The molecule has 1 unspecified atom stereocenters. The molecule has 0 amide bonds. The molecule has 1 fully saturated rings. The standard InChI is InChI=1S/C16H25NO/c1-13-9-11-16(18-3,12-10-13)15(17-2)14-7-5-4-6-8-14/h4-8,13,15,17H,9-12H2,1-3H3. The predicted octanol–water partition coefficient (Wildman–Crippen LogP) is 3.54. The highest BCUT2D eigenvalue weighted by Gasteiger charge is 2.41. The number of methoxy groups -OCH3 is 1. The lowest BCUT2D eigenvalue weighted by atomic mass is 9.73. The highest BCUT2D eigenvalue weighted by atomic mass is 16.5. The fourth-order valence-corrected chi connectivity index (χ4v) is 3.24. The van der Waals surface area contributed by atoms with Crippen LogP contribution in [0.3, 0.4) is 0 Å². The molecule has 1 aliphatic rings. The van der Waals surface area contributed by atoms with E-state index in [9.17, 15) is 0 Å². The van der Waals surface area contributed by atoms with Gasteiger partial charge in [-0.05, 0) is 44.2 Å². The van der Waals surface area contributed by atoms with E-state index in [4.69, 9.17) is 4.74 Å². The van der Waals surface area contributed by atoms with Crippen molar-refractivity contribution in [2.45, 2.75) is 44.2 Å². The first-order valence-corrected chi connectivity index (χ1v) is 6.99. The third kappa shape index (κ3) is 2.60. The molecule has 0 spiro atoms. The monoisotopic (exact) mass is 247 g/mol. The van der Waals surface area contributed by atoms with Gasteiger partial charge in [0.1, 0.15) is 0 Å². The van der Waals surface area contributed by atoms with Gasteiger partial charge >= 0.3 is 0 Å². The first kappa shape index (κ1) is 13.6. The lowest BCUT2D eigenvalue weighted by Gasteiger charge is -2.44. The zero-order chi connectivity index (χ0) is 13.0. The van der Waals surface area contributed by atoms with Crippen molar-refractivity contribution in [2.24, 2.45) is 5.92 Å². The van der Waals surface area contributed by atoms with Crippen molar-refractivity contribution < 1.29 is 4.74 Å².